The van der Waals surface area contributed by atoms with E-state index in [0.29, 0.717) is 6.42 Å². The van der Waals surface area contributed by atoms with Crippen molar-refractivity contribution < 1.29 is 34.2 Å². The van der Waals surface area contributed by atoms with Gasteiger partial charge >= 0.3 is 11.9 Å². The molecule has 0 aliphatic heterocycles. The maximum atomic E-state index is 11.8. The van der Waals surface area contributed by atoms with Crippen molar-refractivity contribution in [3.8, 4) is 0 Å². The van der Waals surface area contributed by atoms with Crippen LogP contribution in [0.2, 0.25) is 0 Å². The van der Waals surface area contributed by atoms with E-state index in [4.69, 9.17) is 0 Å². The van der Waals surface area contributed by atoms with Gasteiger partial charge < -0.3 is 20.1 Å². The fraction of sp³-hybridized carbons (Fsp3) is 0.844. The molecule has 0 aliphatic carbocycles. The fourth-order valence-electron chi connectivity index (χ4n) is 5.71. The first-order chi connectivity index (χ1) is 18.6. The molecule has 0 aromatic carbocycles. The number of aliphatic carboxylic acids is 3. The Morgan fingerprint density at radius 3 is 1.26 bits per heavy atom. The third-order valence-electron chi connectivity index (χ3n) is 8.53. The highest BCUT2D eigenvalue weighted by Crippen LogP contribution is 2.27. The number of hydrogen-bond donors (Lipinski definition) is 2. The molecule has 0 saturated heterocycles. The van der Waals surface area contributed by atoms with Crippen LogP contribution >= 0.6 is 0 Å². The van der Waals surface area contributed by atoms with E-state index >= 15 is 0 Å². The molecule has 39 heavy (non-hydrogen) atoms. The van der Waals surface area contributed by atoms with E-state index in [9.17, 15) is 29.7 Å². The Labute approximate surface area is 238 Å². The van der Waals surface area contributed by atoms with Gasteiger partial charge in [0.05, 0.1) is 12.5 Å². The molecule has 0 fully saturated rings. The lowest BCUT2D eigenvalue weighted by Gasteiger charge is -2.49. The minimum atomic E-state index is -1.42. The van der Waals surface area contributed by atoms with E-state index in [2.05, 4.69) is 19.1 Å². The van der Waals surface area contributed by atoms with Gasteiger partial charge in [0.15, 0.2) is 12.1 Å². The van der Waals surface area contributed by atoms with Crippen molar-refractivity contribution >= 4 is 17.9 Å². The summed E-state index contributed by atoms with van der Waals surface area (Å²) in [5.41, 5.74) is 0. The lowest BCUT2D eigenvalue weighted by Crippen LogP contribution is -2.72. The van der Waals surface area contributed by atoms with E-state index in [0.717, 1.165) is 32.1 Å². The summed E-state index contributed by atoms with van der Waals surface area (Å²) in [5.74, 6) is -3.82. The van der Waals surface area contributed by atoms with Gasteiger partial charge in [0, 0.05) is 0 Å². The van der Waals surface area contributed by atoms with Crippen LogP contribution in [-0.4, -0.2) is 57.3 Å². The lowest BCUT2D eigenvalue weighted by atomic mass is 10.00. The second-order valence-electron chi connectivity index (χ2n) is 11.4. The summed E-state index contributed by atoms with van der Waals surface area (Å²) >= 11 is 0. The maximum Gasteiger partial charge on any atom is 0.362 e. The topological polar surface area (TPSA) is 115 Å². The number of rotatable bonds is 27. The largest absolute Gasteiger partial charge is 0.544 e. The van der Waals surface area contributed by atoms with Crippen molar-refractivity contribution in [1.29, 1.82) is 0 Å². The third kappa shape index (κ3) is 15.5. The van der Waals surface area contributed by atoms with Crippen molar-refractivity contribution in [2.45, 2.75) is 168 Å². The molecule has 3 atom stereocenters. The Balaban J connectivity index is 4.06. The van der Waals surface area contributed by atoms with Crippen LogP contribution in [-0.2, 0) is 14.4 Å². The molecular weight excluding hydrogens is 494 g/mol. The molecule has 3 unspecified atom stereocenters. The monoisotopic (exact) mass is 553 g/mol. The van der Waals surface area contributed by atoms with Crippen molar-refractivity contribution in [2.24, 2.45) is 0 Å². The first kappa shape index (κ1) is 37.1. The van der Waals surface area contributed by atoms with Crippen molar-refractivity contribution in [2.75, 3.05) is 6.54 Å². The number of nitrogens with zero attached hydrogens (tertiary/aromatic N) is 1. The Morgan fingerprint density at radius 2 is 0.923 bits per heavy atom. The molecule has 0 saturated carbocycles. The predicted molar refractivity (Wildman–Crippen MR) is 156 cm³/mol. The summed E-state index contributed by atoms with van der Waals surface area (Å²) in [4.78, 5) is 35.3. The Morgan fingerprint density at radius 1 is 0.590 bits per heavy atom. The predicted octanol–water partition coefficient (Wildman–Crippen LogP) is 6.88. The van der Waals surface area contributed by atoms with Gasteiger partial charge in [-0.3, -0.25) is 4.48 Å². The Hall–Kier alpha value is -1.89. The zero-order valence-corrected chi connectivity index (χ0v) is 25.5. The molecule has 0 spiro atoms. The highest BCUT2D eigenvalue weighted by molar-refractivity contribution is 5.76. The molecule has 0 radical (unpaired) electrons. The molecule has 0 rings (SSSR count). The van der Waals surface area contributed by atoms with Gasteiger partial charge in [0.1, 0.15) is 6.04 Å². The van der Waals surface area contributed by atoms with Crippen molar-refractivity contribution in [3.63, 3.8) is 0 Å². The second-order valence-corrected chi connectivity index (χ2v) is 11.4. The molecule has 0 bridgehead atoms. The zero-order valence-electron chi connectivity index (χ0n) is 25.5. The number of unbranched alkanes of at least 4 members (excludes halogenated alkanes) is 17. The maximum absolute atomic E-state index is 11.8. The number of quaternary nitrogens is 1. The van der Waals surface area contributed by atoms with Gasteiger partial charge in [-0.15, -0.1) is 0 Å². The molecule has 0 aliphatic rings. The van der Waals surface area contributed by atoms with Crippen molar-refractivity contribution in [3.05, 3.63) is 12.2 Å². The van der Waals surface area contributed by atoms with Gasteiger partial charge in [0.25, 0.3) is 0 Å². The smallest absolute Gasteiger partial charge is 0.362 e. The van der Waals surface area contributed by atoms with E-state index in [1.165, 1.54) is 104 Å². The molecular formula is C32H59NO6. The van der Waals surface area contributed by atoms with Gasteiger partial charge in [-0.05, 0) is 59.3 Å². The molecule has 0 amide bonds. The number of hydrogen-bond acceptors (Lipinski definition) is 4. The minimum absolute atomic E-state index is 0.180. The SMILES string of the molecule is CCCCCCCCCCCC/C=C\CCCCCCCCC[N+](C(C)C(=O)[O-])(C(C)C(=O)O)C(C)C(=O)O. The van der Waals surface area contributed by atoms with E-state index in [1.54, 1.807) is 0 Å². The number of carboxylic acids is 3. The summed E-state index contributed by atoms with van der Waals surface area (Å²) in [6, 6.07) is -3.57. The quantitative estimate of drug-likeness (QED) is 0.0651. The average molecular weight is 554 g/mol. The van der Waals surface area contributed by atoms with Crippen LogP contribution in [0.1, 0.15) is 150 Å². The Bertz CT molecular complexity index is 642. The molecule has 2 N–H and O–H groups in total. The highest BCUT2D eigenvalue weighted by Gasteiger charge is 2.50. The number of carbonyl (C=O) groups is 3. The van der Waals surface area contributed by atoms with Crippen LogP contribution < -0.4 is 5.11 Å². The lowest BCUT2D eigenvalue weighted by molar-refractivity contribution is -0.969. The minimum Gasteiger partial charge on any atom is -0.544 e. The Kier molecular flexibility index (Phi) is 21.8. The molecule has 228 valence electrons. The molecule has 7 heteroatoms. The van der Waals surface area contributed by atoms with Crippen LogP contribution in [0.5, 0.6) is 0 Å². The molecule has 0 heterocycles. The van der Waals surface area contributed by atoms with Gasteiger partial charge in [-0.25, -0.2) is 9.59 Å². The van der Waals surface area contributed by atoms with Crippen LogP contribution in [0.4, 0.5) is 0 Å². The van der Waals surface area contributed by atoms with Crippen LogP contribution in [0, 0.1) is 0 Å². The molecule has 0 aromatic rings. The second kappa shape index (κ2) is 22.9. The summed E-state index contributed by atoms with van der Waals surface area (Å²) in [5, 5.41) is 30.9. The zero-order chi connectivity index (χ0) is 29.5. The first-order valence-corrected chi connectivity index (χ1v) is 15.8. The number of carboxylic acid groups (broad SMARTS) is 3. The van der Waals surface area contributed by atoms with E-state index in [1.807, 2.05) is 0 Å². The normalized spacial score (nSPS) is 15.6. The van der Waals surface area contributed by atoms with Gasteiger partial charge in [0.2, 0.25) is 0 Å². The van der Waals surface area contributed by atoms with Crippen LogP contribution in [0.15, 0.2) is 12.2 Å². The highest BCUT2D eigenvalue weighted by atomic mass is 16.4. The summed E-state index contributed by atoms with van der Waals surface area (Å²) in [7, 11) is 0. The van der Waals surface area contributed by atoms with Crippen LogP contribution in [0.25, 0.3) is 0 Å². The number of allylic oxidation sites excluding steroid dienone is 2. The van der Waals surface area contributed by atoms with Gasteiger partial charge in [-0.2, -0.15) is 0 Å². The summed E-state index contributed by atoms with van der Waals surface area (Å²) < 4.78 is -0.543. The first-order valence-electron chi connectivity index (χ1n) is 15.8. The fourth-order valence-corrected chi connectivity index (χ4v) is 5.71. The summed E-state index contributed by atoms with van der Waals surface area (Å²) in [6.07, 6.45) is 27.6. The van der Waals surface area contributed by atoms with Gasteiger partial charge in [-0.1, -0.05) is 103 Å². The third-order valence-corrected chi connectivity index (χ3v) is 8.53. The van der Waals surface area contributed by atoms with E-state index in [-0.39, 0.29) is 6.54 Å². The molecule has 0 aromatic heterocycles. The number of carbonyl (C=O) groups excluding carboxylic acids is 1. The summed E-state index contributed by atoms with van der Waals surface area (Å²) in [6.45, 7) is 6.60. The average Bonchev–Trinajstić information content (AvgIpc) is 2.90. The standard InChI is InChI=1S/C32H59NO6/c1-5-6-7-8-9-10-11-12-13-14-15-16-17-18-19-20-21-22-23-24-25-26-33(27(2)30(34)35,28(3)31(36)37)29(4)32(38)39/h16-17,27-29H,5-15,18-26H2,1-4H3,(H2-,34,35,36,37,38,39)/b17-16-. The molecule has 7 nitrogen and oxygen atoms in total. The van der Waals surface area contributed by atoms with E-state index < -0.39 is 40.5 Å². The van der Waals surface area contributed by atoms with Crippen LogP contribution in [0.3, 0.4) is 0 Å². The van der Waals surface area contributed by atoms with Crippen molar-refractivity contribution in [1.82, 2.24) is 0 Å².